The molecule has 1 heterocycles. The molecule has 0 spiro atoms. The van der Waals surface area contributed by atoms with Crippen LogP contribution in [0.25, 0.3) is 60.2 Å². The van der Waals surface area contributed by atoms with Gasteiger partial charge < -0.3 is 4.57 Å². The number of hydrogen-bond acceptors (Lipinski definition) is 1. The normalized spacial score (nSPS) is 13.8. The van der Waals surface area contributed by atoms with Gasteiger partial charge in [0.1, 0.15) is 0 Å². The Morgan fingerprint density at radius 1 is 0.527 bits per heavy atom. The zero-order chi connectivity index (χ0) is 37.3. The first-order valence-electron chi connectivity index (χ1n) is 18.8. The number of nitrogens with zero attached hydrogens (tertiary/aromatic N) is 3. The van der Waals surface area contributed by atoms with Crippen LogP contribution in [0.4, 0.5) is 0 Å². The van der Waals surface area contributed by atoms with E-state index in [4.69, 9.17) is 15.4 Å². The van der Waals surface area contributed by atoms with E-state index in [0.29, 0.717) is 5.84 Å². The van der Waals surface area contributed by atoms with Gasteiger partial charge >= 0.3 is 0 Å². The second-order valence-electron chi connectivity index (χ2n) is 15.0. The van der Waals surface area contributed by atoms with Crippen LogP contribution < -0.4 is 0 Å². The van der Waals surface area contributed by atoms with Crippen molar-refractivity contribution in [1.29, 1.82) is 5.41 Å². The van der Waals surface area contributed by atoms with Crippen LogP contribution in [0.15, 0.2) is 180 Å². The molecule has 1 aliphatic carbocycles. The third-order valence-corrected chi connectivity index (χ3v) is 11.5. The zero-order valence-electron chi connectivity index (χ0n) is 31.0. The molecule has 4 heteroatoms. The molecule has 0 atom stereocenters. The molecule has 0 saturated heterocycles. The maximum absolute atomic E-state index is 9.03. The molecule has 8 aromatic carbocycles. The second kappa shape index (κ2) is 12.6. The maximum Gasteiger partial charge on any atom is 0.162 e. The Labute approximate surface area is 320 Å². The quantitative estimate of drug-likeness (QED) is 0.140. The molecule has 4 nitrogen and oxygen atoms in total. The lowest BCUT2D eigenvalue weighted by molar-refractivity contribution is 0.661. The third-order valence-electron chi connectivity index (χ3n) is 11.5. The van der Waals surface area contributed by atoms with E-state index in [1.54, 1.807) is 0 Å². The van der Waals surface area contributed by atoms with E-state index in [0.717, 1.165) is 44.4 Å². The van der Waals surface area contributed by atoms with E-state index >= 15 is 0 Å². The third kappa shape index (κ3) is 5.17. The molecule has 55 heavy (non-hydrogen) atoms. The molecule has 1 aromatic heterocycles. The van der Waals surface area contributed by atoms with Crippen LogP contribution in [0.2, 0.25) is 0 Å². The first kappa shape index (κ1) is 32.7. The fourth-order valence-electron chi connectivity index (χ4n) is 8.71. The van der Waals surface area contributed by atoms with Crippen molar-refractivity contribution in [2.45, 2.75) is 26.2 Å². The number of benzene rings is 8. The molecule has 0 fully saturated rings. The summed E-state index contributed by atoms with van der Waals surface area (Å²) in [4.78, 5) is 10.1. The Morgan fingerprint density at radius 2 is 1.16 bits per heavy atom. The summed E-state index contributed by atoms with van der Waals surface area (Å²) in [6.07, 6.45) is 0. The molecule has 1 N–H and O–H groups in total. The molecule has 10 rings (SSSR count). The Bertz CT molecular complexity index is 3070. The minimum absolute atomic E-state index is 0.167. The minimum atomic E-state index is -0.167. The molecule has 1 aliphatic rings. The monoisotopic (exact) mass is 706 g/mol. The van der Waals surface area contributed by atoms with Gasteiger partial charge in [0.2, 0.25) is 0 Å². The number of para-hydroxylation sites is 1. The van der Waals surface area contributed by atoms with E-state index in [-0.39, 0.29) is 11.3 Å². The highest BCUT2D eigenvalue weighted by atomic mass is 15.0. The van der Waals surface area contributed by atoms with Gasteiger partial charge in [0, 0.05) is 38.4 Å². The lowest BCUT2D eigenvalue weighted by Gasteiger charge is -2.22. The number of nitrogens with one attached hydrogen (secondary N) is 1. The Balaban J connectivity index is 1.22. The van der Waals surface area contributed by atoms with Crippen molar-refractivity contribution in [3.05, 3.63) is 198 Å². The summed E-state index contributed by atoms with van der Waals surface area (Å²) < 4.78 is 2.44. The lowest BCUT2D eigenvalue weighted by atomic mass is 9.82. The van der Waals surface area contributed by atoms with Gasteiger partial charge in [0.05, 0.1) is 16.7 Å². The molecule has 0 bridgehead atoms. The van der Waals surface area contributed by atoms with Gasteiger partial charge in [-0.3, -0.25) is 5.41 Å². The van der Waals surface area contributed by atoms with E-state index in [1.807, 2.05) is 55.5 Å². The van der Waals surface area contributed by atoms with Crippen molar-refractivity contribution in [2.24, 2.45) is 9.98 Å². The Kier molecular flexibility index (Phi) is 7.50. The van der Waals surface area contributed by atoms with E-state index in [1.165, 1.54) is 49.3 Å². The average Bonchev–Trinajstić information content (AvgIpc) is 3.67. The zero-order valence-corrected chi connectivity index (χ0v) is 31.0. The smallest absolute Gasteiger partial charge is 0.162 e. The van der Waals surface area contributed by atoms with Crippen LogP contribution in [0, 0.1) is 5.41 Å². The predicted octanol–water partition coefficient (Wildman–Crippen LogP) is 12.7. The highest BCUT2D eigenvalue weighted by Gasteiger charge is 2.37. The van der Waals surface area contributed by atoms with Crippen LogP contribution >= 0.6 is 0 Å². The van der Waals surface area contributed by atoms with Gasteiger partial charge in [-0.1, -0.05) is 153 Å². The van der Waals surface area contributed by atoms with E-state index in [2.05, 4.69) is 140 Å². The van der Waals surface area contributed by atoms with E-state index < -0.39 is 0 Å². The van der Waals surface area contributed by atoms with Crippen molar-refractivity contribution < 1.29 is 0 Å². The second-order valence-corrected chi connectivity index (χ2v) is 15.0. The summed E-state index contributed by atoms with van der Waals surface area (Å²) in [7, 11) is 0. The fraction of sp³-hybridized carbons (Fsp3) is 0.0784. The lowest BCUT2D eigenvalue weighted by Crippen LogP contribution is -2.15. The summed E-state index contributed by atoms with van der Waals surface area (Å²) in [6.45, 7) is 6.73. The molecule has 9 aromatic rings. The van der Waals surface area contributed by atoms with Crippen LogP contribution in [0.5, 0.6) is 0 Å². The highest BCUT2D eigenvalue weighted by molar-refractivity contribution is 6.22. The van der Waals surface area contributed by atoms with Gasteiger partial charge in [-0.15, -0.1) is 0 Å². The van der Waals surface area contributed by atoms with Gasteiger partial charge in [-0.25, -0.2) is 9.98 Å². The van der Waals surface area contributed by atoms with Crippen molar-refractivity contribution in [3.8, 4) is 16.8 Å². The van der Waals surface area contributed by atoms with Crippen molar-refractivity contribution in [3.63, 3.8) is 0 Å². The summed E-state index contributed by atoms with van der Waals surface area (Å²) in [5.41, 5.74) is 12.1. The van der Waals surface area contributed by atoms with Crippen molar-refractivity contribution in [2.75, 3.05) is 0 Å². The van der Waals surface area contributed by atoms with Crippen LogP contribution in [-0.2, 0) is 5.41 Å². The highest BCUT2D eigenvalue weighted by Crippen LogP contribution is 2.53. The van der Waals surface area contributed by atoms with Crippen LogP contribution in [0.3, 0.4) is 0 Å². The minimum Gasteiger partial charge on any atom is -0.309 e. The Hall–Kier alpha value is -6.91. The van der Waals surface area contributed by atoms with Crippen molar-refractivity contribution in [1.82, 2.24) is 4.57 Å². The van der Waals surface area contributed by atoms with Gasteiger partial charge in [-0.2, -0.15) is 0 Å². The number of fused-ring (bicyclic) bond motifs is 9. The SMILES string of the molecule is CC(=NC(=NC(=N)c1ccccc1)c1ccc(-n2c3ccccc3c3cc4c(cc32)C(C)(C)c2ccc3ccccc3c2-4)c2ccccc12)c1ccccc1. The first-order chi connectivity index (χ1) is 26.9. The number of aliphatic imine (C=N–C) groups is 2. The largest absolute Gasteiger partial charge is 0.309 e. The fourth-order valence-corrected chi connectivity index (χ4v) is 8.71. The van der Waals surface area contributed by atoms with E-state index in [9.17, 15) is 0 Å². The van der Waals surface area contributed by atoms with Crippen molar-refractivity contribution >= 4 is 60.7 Å². The maximum atomic E-state index is 9.03. The molecule has 0 unspecified atom stereocenters. The topological polar surface area (TPSA) is 53.5 Å². The molecule has 262 valence electrons. The number of amidine groups is 2. The molecule has 0 radical (unpaired) electrons. The summed E-state index contributed by atoms with van der Waals surface area (Å²) >= 11 is 0. The summed E-state index contributed by atoms with van der Waals surface area (Å²) in [5, 5.41) is 16.2. The standard InChI is InChI=1S/C51H38N4/c1-32(33-16-6-4-7-17-33)53-50(54-49(52)35-19-8-5-9-20-35)40-27-29-46(38-23-13-12-22-37(38)40)55-45-25-15-14-24-39(45)41-30-42-44(31-47(41)55)51(2,3)43-28-26-34-18-10-11-21-36(34)48(42)43/h4-31,52H,1-3H3. The number of rotatable bonds is 4. The molecule has 0 saturated carbocycles. The Morgan fingerprint density at radius 3 is 1.93 bits per heavy atom. The molecule has 0 amide bonds. The summed E-state index contributed by atoms with van der Waals surface area (Å²) in [6, 6.07) is 59.7. The van der Waals surface area contributed by atoms with Crippen LogP contribution in [0.1, 0.15) is 48.6 Å². The van der Waals surface area contributed by atoms with Gasteiger partial charge in [0.25, 0.3) is 0 Å². The van der Waals surface area contributed by atoms with Crippen LogP contribution in [-0.4, -0.2) is 22.0 Å². The number of hydrogen-bond donors (Lipinski definition) is 1. The van der Waals surface area contributed by atoms with Gasteiger partial charge in [0.15, 0.2) is 11.7 Å². The molecule has 0 aliphatic heterocycles. The molecular weight excluding hydrogens is 669 g/mol. The average molecular weight is 707 g/mol. The first-order valence-corrected chi connectivity index (χ1v) is 18.8. The van der Waals surface area contributed by atoms with Gasteiger partial charge in [-0.05, 0) is 81.2 Å². The summed E-state index contributed by atoms with van der Waals surface area (Å²) in [5.74, 6) is 0.672. The predicted molar refractivity (Wildman–Crippen MR) is 232 cm³/mol. The number of aromatic nitrogens is 1. The molecular formula is C51H38N4.